The van der Waals surface area contributed by atoms with Crippen LogP contribution in [0.5, 0.6) is 69.0 Å². The molecule has 0 radical (unpaired) electrons. The van der Waals surface area contributed by atoms with E-state index in [9.17, 15) is 0 Å². The summed E-state index contributed by atoms with van der Waals surface area (Å²) in [6.45, 7) is 8.04. The summed E-state index contributed by atoms with van der Waals surface area (Å²) in [5, 5.41) is 0. The third kappa shape index (κ3) is 36.0. The number of fused-ring (bicyclic) bond motifs is 12. The molecule has 12 nitrogen and oxygen atoms in total. The van der Waals surface area contributed by atoms with Crippen LogP contribution in [0.4, 0.5) is 0 Å². The van der Waals surface area contributed by atoms with Gasteiger partial charge in [-0.25, -0.2) is 0 Å². The molecule has 0 amide bonds. The van der Waals surface area contributed by atoms with Crippen molar-refractivity contribution in [3.63, 3.8) is 0 Å². The molecule has 2 aliphatic carbocycles. The fourth-order valence-corrected chi connectivity index (χ4v) is 20.9. The molecule has 0 N–H and O–H groups in total. The van der Waals surface area contributed by atoms with Gasteiger partial charge >= 0.3 is 0 Å². The minimum Gasteiger partial charge on any atom is -0.490 e. The van der Waals surface area contributed by atoms with Crippen LogP contribution in [-0.4, -0.2) is 79.3 Å². The SMILES string of the molecule is c1c2c3cc4c1OCCCCCCCCCCCCCOc1cc5c(cc1OCCCCCCCCCCCCO4)Cc1cc4c6cc1Cc1cc7c(cc1C5)OCCCCCCCCCCCCOc1cc(c(cc1OCCCCCCCCCCCCCO7)Cc1cc(c(cc1C3)OCCCCCCCCCCCCCO4)OCCCCCCCCCCCCO6)C2. The molecule has 0 unspecified atom stereocenters. The van der Waals surface area contributed by atoms with E-state index in [1.807, 2.05) is 0 Å². The van der Waals surface area contributed by atoms with E-state index in [-0.39, 0.29) is 0 Å². The summed E-state index contributed by atoms with van der Waals surface area (Å²) in [4.78, 5) is 0. The normalized spacial score (nSPS) is 20.7. The van der Waals surface area contributed by atoms with E-state index in [0.29, 0.717) is 79.3 Å². The fraction of sp³-hybridized carbons (Fsp3) is 0.692. The van der Waals surface area contributed by atoms with E-state index < -0.39 is 0 Å². The number of hydrogen-bond donors (Lipinski definition) is 0. The highest BCUT2D eigenvalue weighted by Crippen LogP contribution is 2.46. The van der Waals surface area contributed by atoms with Gasteiger partial charge in [0.05, 0.1) is 79.3 Å². The van der Waals surface area contributed by atoms with Crippen LogP contribution >= 0.6 is 0 Å². The predicted octanol–water partition coefficient (Wildman–Crippen LogP) is 32.7. The van der Waals surface area contributed by atoms with E-state index in [1.54, 1.807) is 0 Å². The van der Waals surface area contributed by atoms with Crippen molar-refractivity contribution in [3.8, 4) is 69.0 Å². The maximum absolute atomic E-state index is 7.11. The third-order valence-electron chi connectivity index (χ3n) is 29.0. The average molecular weight is 1770 g/mol. The molecule has 0 saturated heterocycles. The molecule has 6 aromatic carbocycles. The molecule has 0 bridgehead atoms. The second kappa shape index (κ2) is 60.2. The van der Waals surface area contributed by atoms with Crippen molar-refractivity contribution in [1.29, 1.82) is 0 Å². The Bertz CT molecular complexity index is 3420. The summed E-state index contributed by atoms with van der Waals surface area (Å²) in [5.74, 6) is 10.6. The first-order chi connectivity index (χ1) is 64.1. The lowest BCUT2D eigenvalue weighted by Crippen LogP contribution is -2.07. The van der Waals surface area contributed by atoms with Crippen molar-refractivity contribution < 1.29 is 56.8 Å². The fourth-order valence-electron chi connectivity index (χ4n) is 20.9. The standard InChI is InChI=1S/C117H174O12/c1-4-16-28-40-52-64-118-106-82-94-76-102-90-114-110-86-98(102)80-104-92-116-108-84-96(104)78-100(94)88-112(106)124-70-58-46-34-22-10-11-23-35-47-59-71-125-113-89-101-79-97-85-109(121-67-55-43-31-19-7-2-6-18-30-42-54-66-120-108)117(129-75-63-51-39-27-15-14-26-38-50-62-74-128-116)93-105(97)81-99-87-111(123-69-57-45-33-21-9-3-8-20-32-44-56-68-122-110)115(127-73-61-49-37-25-13-12-24-36-48-60-72-126-114)91-103(99)77-95(101)83-107(113)119-65-53-41-29-17-5-1/h82-93H,1-81H2. The molecule has 5 aliphatic rings. The summed E-state index contributed by atoms with van der Waals surface area (Å²) >= 11 is 0. The molecule has 0 spiro atoms. The van der Waals surface area contributed by atoms with Crippen LogP contribution in [0.3, 0.4) is 0 Å². The number of ether oxygens (including phenoxy) is 12. The van der Waals surface area contributed by atoms with Gasteiger partial charge in [0.2, 0.25) is 0 Å². The summed E-state index contributed by atoms with van der Waals surface area (Å²) in [6.07, 6.45) is 79.5. The molecule has 0 aromatic heterocycles. The van der Waals surface area contributed by atoms with Crippen LogP contribution < -0.4 is 56.8 Å². The highest BCUT2D eigenvalue weighted by Gasteiger charge is 2.28. The molecule has 0 fully saturated rings. The topological polar surface area (TPSA) is 111 Å². The summed E-state index contributed by atoms with van der Waals surface area (Å²) in [7, 11) is 0. The zero-order valence-corrected chi connectivity index (χ0v) is 81.1. The maximum Gasteiger partial charge on any atom is 0.161 e. The van der Waals surface area contributed by atoms with Crippen LogP contribution in [0.15, 0.2) is 72.8 Å². The molecular weight excluding hydrogens is 1600 g/mol. The van der Waals surface area contributed by atoms with Crippen molar-refractivity contribution >= 4 is 0 Å². The van der Waals surface area contributed by atoms with E-state index in [1.165, 1.54) is 317 Å². The van der Waals surface area contributed by atoms with Gasteiger partial charge in [-0.2, -0.15) is 0 Å². The molecular formula is C117H174O12. The lowest BCUT2D eigenvalue weighted by Gasteiger charge is -2.20. The lowest BCUT2D eigenvalue weighted by molar-refractivity contribution is 0.257. The van der Waals surface area contributed by atoms with Crippen molar-refractivity contribution in [3.05, 3.63) is 140 Å². The van der Waals surface area contributed by atoms with Crippen LogP contribution in [-0.2, 0) is 38.5 Å². The van der Waals surface area contributed by atoms with E-state index in [2.05, 4.69) is 72.8 Å². The Morgan fingerprint density at radius 2 is 0.147 bits per heavy atom. The van der Waals surface area contributed by atoms with Crippen LogP contribution in [0.25, 0.3) is 0 Å². The summed E-state index contributed by atoms with van der Waals surface area (Å²) < 4.78 is 85.3. The Morgan fingerprint density at radius 1 is 0.0853 bits per heavy atom. The van der Waals surface area contributed by atoms with Gasteiger partial charge in [0.25, 0.3) is 0 Å². The van der Waals surface area contributed by atoms with Crippen molar-refractivity contribution in [2.24, 2.45) is 0 Å². The van der Waals surface area contributed by atoms with Crippen LogP contribution in [0.2, 0.25) is 0 Å². The second-order valence-corrected chi connectivity index (χ2v) is 39.9. The highest BCUT2D eigenvalue weighted by atomic mass is 16.5. The van der Waals surface area contributed by atoms with Gasteiger partial charge in [-0.3, -0.25) is 0 Å². The van der Waals surface area contributed by atoms with Gasteiger partial charge in [0.1, 0.15) is 0 Å². The lowest BCUT2D eigenvalue weighted by atomic mass is 9.94. The number of hydrogen-bond acceptors (Lipinski definition) is 12. The summed E-state index contributed by atoms with van der Waals surface area (Å²) in [6, 6.07) is 28.7. The summed E-state index contributed by atoms with van der Waals surface area (Å²) in [5.41, 5.74) is 15.4. The van der Waals surface area contributed by atoms with E-state index in [4.69, 9.17) is 56.8 Å². The number of rotatable bonds is 0. The Kier molecular flexibility index (Phi) is 46.4. The van der Waals surface area contributed by atoms with Gasteiger partial charge in [-0.15, -0.1) is 0 Å². The smallest absolute Gasteiger partial charge is 0.161 e. The zero-order valence-electron chi connectivity index (χ0n) is 81.1. The second-order valence-electron chi connectivity index (χ2n) is 39.9. The average Bonchev–Trinajstić information content (AvgIpc) is 1.67. The van der Waals surface area contributed by atoms with Crippen molar-refractivity contribution in [2.75, 3.05) is 79.3 Å². The van der Waals surface area contributed by atoms with E-state index in [0.717, 1.165) is 262 Å². The Balaban J connectivity index is 0.916. The Hall–Kier alpha value is -7.08. The van der Waals surface area contributed by atoms with Gasteiger partial charge in [-0.1, -0.05) is 327 Å². The monoisotopic (exact) mass is 1770 g/mol. The number of benzene rings is 6. The van der Waals surface area contributed by atoms with Crippen LogP contribution in [0.1, 0.15) is 471 Å². The van der Waals surface area contributed by atoms with E-state index >= 15 is 0 Å². The molecule has 0 atom stereocenters. The molecule has 11 rings (SSSR count). The van der Waals surface area contributed by atoms with Gasteiger partial charge < -0.3 is 56.8 Å². The molecule has 129 heavy (non-hydrogen) atoms. The first kappa shape index (κ1) is 99.4. The van der Waals surface area contributed by atoms with Crippen molar-refractivity contribution in [1.82, 2.24) is 0 Å². The van der Waals surface area contributed by atoms with Crippen molar-refractivity contribution in [2.45, 2.75) is 443 Å². The highest BCUT2D eigenvalue weighted by molar-refractivity contribution is 5.61. The Morgan fingerprint density at radius 3 is 0.217 bits per heavy atom. The first-order valence-electron chi connectivity index (χ1n) is 54.6. The molecule has 3 aliphatic heterocycles. The minimum absolute atomic E-state index is 0.667. The quantitative estimate of drug-likeness (QED) is 0.144. The molecule has 0 saturated carbocycles. The molecule has 12 heteroatoms. The zero-order chi connectivity index (χ0) is 88.1. The van der Waals surface area contributed by atoms with Gasteiger partial charge in [-0.05, 0) is 255 Å². The predicted molar refractivity (Wildman–Crippen MR) is 532 cm³/mol. The third-order valence-corrected chi connectivity index (χ3v) is 29.0. The van der Waals surface area contributed by atoms with Crippen LogP contribution in [0, 0.1) is 0 Å². The molecule has 3 heterocycles. The minimum atomic E-state index is 0.667. The van der Waals surface area contributed by atoms with Gasteiger partial charge in [0.15, 0.2) is 69.0 Å². The Labute approximate surface area is 783 Å². The molecule has 714 valence electrons. The molecule has 6 aromatic rings. The largest absolute Gasteiger partial charge is 0.490 e. The van der Waals surface area contributed by atoms with Gasteiger partial charge in [0, 0.05) is 0 Å². The maximum atomic E-state index is 7.11. The first-order valence-corrected chi connectivity index (χ1v) is 54.6.